The van der Waals surface area contributed by atoms with E-state index in [2.05, 4.69) is 30.4 Å². The van der Waals surface area contributed by atoms with Crippen molar-refractivity contribution in [2.75, 3.05) is 0 Å². The van der Waals surface area contributed by atoms with E-state index in [1.165, 1.54) is 12.4 Å². The van der Waals surface area contributed by atoms with Gasteiger partial charge in [-0.2, -0.15) is 26.3 Å². The summed E-state index contributed by atoms with van der Waals surface area (Å²) in [5.41, 5.74) is -1.35. The molecule has 0 saturated carbocycles. The van der Waals surface area contributed by atoms with E-state index in [1.807, 2.05) is 13.8 Å². The quantitative estimate of drug-likeness (QED) is 0.301. The van der Waals surface area contributed by atoms with Gasteiger partial charge < -0.3 is 25.0 Å². The average molecular weight is 650 g/mol. The topological polar surface area (TPSA) is 84.7 Å². The van der Waals surface area contributed by atoms with E-state index in [1.54, 1.807) is 29.0 Å². The number of imidazole rings is 1. The molecule has 0 atom stereocenters. The van der Waals surface area contributed by atoms with Crippen molar-refractivity contribution in [3.8, 4) is 22.9 Å². The third kappa shape index (κ3) is 6.53. The van der Waals surface area contributed by atoms with Crippen LogP contribution in [0.3, 0.4) is 0 Å². The number of alkyl halides is 6. The van der Waals surface area contributed by atoms with Crippen LogP contribution in [0.15, 0.2) is 48.9 Å². The van der Waals surface area contributed by atoms with Crippen LogP contribution in [0.25, 0.3) is 22.9 Å². The van der Waals surface area contributed by atoms with Gasteiger partial charge in [0.1, 0.15) is 0 Å². The summed E-state index contributed by atoms with van der Waals surface area (Å²) in [5.74, 6) is 0.392. The smallest absolute Gasteiger partial charge is 0.571 e. The zero-order chi connectivity index (χ0) is 23.5. The Hall–Kier alpha value is -2.95. The number of aromatic nitrogens is 7. The molecular formula is C19H15F6N7Pt. The zero-order valence-corrected chi connectivity index (χ0v) is 19.2. The van der Waals surface area contributed by atoms with Crippen molar-refractivity contribution in [2.45, 2.75) is 32.2 Å². The van der Waals surface area contributed by atoms with Gasteiger partial charge in [-0.3, -0.25) is 4.98 Å². The predicted molar refractivity (Wildman–Crippen MR) is 100.0 cm³/mol. The van der Waals surface area contributed by atoms with E-state index >= 15 is 0 Å². The summed E-state index contributed by atoms with van der Waals surface area (Å²) in [6, 6.07) is 6.79. The summed E-state index contributed by atoms with van der Waals surface area (Å²) < 4.78 is 75.4. The summed E-state index contributed by atoms with van der Waals surface area (Å²) in [7, 11) is 0. The Morgan fingerprint density at radius 1 is 0.788 bits per heavy atom. The molecule has 0 N–H and O–H groups in total. The van der Waals surface area contributed by atoms with Gasteiger partial charge >= 0.3 is 33.4 Å². The summed E-state index contributed by atoms with van der Waals surface area (Å²) in [6.45, 7) is 3.82. The van der Waals surface area contributed by atoms with Gasteiger partial charge in [0.15, 0.2) is 5.82 Å². The van der Waals surface area contributed by atoms with Crippen LogP contribution in [0, 0.1) is 0 Å². The van der Waals surface area contributed by atoms with Gasteiger partial charge in [-0.1, -0.05) is 6.07 Å². The monoisotopic (exact) mass is 650 g/mol. The molecular weight excluding hydrogens is 635 g/mol. The summed E-state index contributed by atoms with van der Waals surface area (Å²) in [5, 5.41) is 13.1. The molecule has 0 saturated heterocycles. The Kier molecular flexibility index (Phi) is 8.23. The molecule has 178 valence electrons. The molecule has 33 heavy (non-hydrogen) atoms. The van der Waals surface area contributed by atoms with Crippen LogP contribution in [0.1, 0.15) is 31.3 Å². The first-order valence-electron chi connectivity index (χ1n) is 9.06. The van der Waals surface area contributed by atoms with Gasteiger partial charge in [0.05, 0.1) is 17.1 Å². The van der Waals surface area contributed by atoms with Crippen LogP contribution < -0.4 is 10.2 Å². The van der Waals surface area contributed by atoms with Crippen molar-refractivity contribution < 1.29 is 47.4 Å². The van der Waals surface area contributed by atoms with Crippen LogP contribution in [-0.2, 0) is 33.4 Å². The largest absolute Gasteiger partial charge is 2.00 e. The van der Waals surface area contributed by atoms with Crippen molar-refractivity contribution in [1.82, 2.24) is 34.9 Å². The Morgan fingerprint density at radius 3 is 1.85 bits per heavy atom. The van der Waals surface area contributed by atoms with E-state index in [0.717, 1.165) is 12.1 Å². The normalized spacial score (nSPS) is 11.7. The number of hydrogen-bond donors (Lipinski definition) is 0. The third-order valence-electron chi connectivity index (χ3n) is 4.04. The van der Waals surface area contributed by atoms with Crippen LogP contribution in [0.2, 0.25) is 0 Å². The maximum Gasteiger partial charge on any atom is 2.00 e. The van der Waals surface area contributed by atoms with Gasteiger partial charge in [-0.25, -0.2) is 4.98 Å². The fraction of sp³-hybridized carbons (Fsp3) is 0.263. The molecule has 0 radical (unpaired) electrons. The number of nitrogens with zero attached hydrogens (tertiary/aromatic N) is 7. The standard InChI is InChI=1S/C10H10F3N4.C9H5F3N3.Pt/c1-6(2)17-4-3-14-9(17)7-5-8(16-15-7)10(11,12)13;10-9(11,12)8-5-7(14-15-8)6-3-1-2-4-13-6;/h3-6H,1-2H3;1-5H;/q2*-1;+2. The number of hydrogen-bond acceptors (Lipinski definition) is 4. The summed E-state index contributed by atoms with van der Waals surface area (Å²) >= 11 is 0. The zero-order valence-electron chi connectivity index (χ0n) is 16.9. The van der Waals surface area contributed by atoms with Gasteiger partial charge in [-0.15, -0.1) is 0 Å². The molecule has 0 unspecified atom stereocenters. The molecule has 0 fully saturated rings. The maximum atomic E-state index is 12.4. The van der Waals surface area contributed by atoms with Gasteiger partial charge in [0.25, 0.3) is 0 Å². The molecule has 4 aromatic rings. The Balaban J connectivity index is 0.000000228. The molecule has 0 spiro atoms. The van der Waals surface area contributed by atoms with Crippen LogP contribution in [0.4, 0.5) is 26.3 Å². The van der Waals surface area contributed by atoms with Gasteiger partial charge in [0.2, 0.25) is 0 Å². The molecule has 4 aromatic heterocycles. The van der Waals surface area contributed by atoms with E-state index < -0.39 is 23.7 Å². The minimum atomic E-state index is -4.47. The Morgan fingerprint density at radius 2 is 1.36 bits per heavy atom. The molecule has 0 aromatic carbocycles. The number of halogens is 6. The van der Waals surface area contributed by atoms with E-state index in [4.69, 9.17) is 0 Å². The molecule has 0 aliphatic rings. The first kappa shape index (κ1) is 26.3. The van der Waals surface area contributed by atoms with Crippen molar-refractivity contribution in [3.05, 3.63) is 60.3 Å². The van der Waals surface area contributed by atoms with Crippen molar-refractivity contribution >= 4 is 0 Å². The molecule has 14 heteroatoms. The second-order valence-electron chi connectivity index (χ2n) is 6.69. The predicted octanol–water partition coefficient (Wildman–Crippen LogP) is 4.62. The van der Waals surface area contributed by atoms with Crippen molar-refractivity contribution in [2.24, 2.45) is 0 Å². The fourth-order valence-corrected chi connectivity index (χ4v) is 2.54. The minimum Gasteiger partial charge on any atom is -0.571 e. The summed E-state index contributed by atoms with van der Waals surface area (Å²) in [6.07, 6.45) is -4.23. The molecule has 7 nitrogen and oxygen atoms in total. The Labute approximate surface area is 197 Å². The summed E-state index contributed by atoms with van der Waals surface area (Å²) in [4.78, 5) is 7.87. The van der Waals surface area contributed by atoms with Crippen LogP contribution in [-0.4, -0.2) is 24.7 Å². The molecule has 0 aliphatic heterocycles. The molecule has 4 heterocycles. The van der Waals surface area contributed by atoms with Gasteiger partial charge in [0, 0.05) is 24.6 Å². The molecule has 0 aliphatic carbocycles. The molecule has 0 amide bonds. The van der Waals surface area contributed by atoms with Gasteiger partial charge in [-0.05, 0) is 49.5 Å². The SMILES string of the molecule is CC(C)n1ccnc1-c1cc(C(F)(F)F)[n-]n1.FC(F)(F)c1cc(-c2ccccn2)n[n-]1.[Pt+2]. The first-order valence-corrected chi connectivity index (χ1v) is 9.06. The van der Waals surface area contributed by atoms with E-state index in [0.29, 0.717) is 11.5 Å². The second-order valence-corrected chi connectivity index (χ2v) is 6.69. The maximum absolute atomic E-state index is 12.4. The minimum absolute atomic E-state index is 0. The first-order chi connectivity index (χ1) is 15.0. The van der Waals surface area contributed by atoms with E-state index in [9.17, 15) is 26.3 Å². The second kappa shape index (κ2) is 10.3. The fourth-order valence-electron chi connectivity index (χ4n) is 2.54. The van der Waals surface area contributed by atoms with Crippen molar-refractivity contribution in [1.29, 1.82) is 0 Å². The average Bonchev–Trinajstić information content (AvgIpc) is 3.47. The van der Waals surface area contributed by atoms with Crippen molar-refractivity contribution in [3.63, 3.8) is 0 Å². The third-order valence-corrected chi connectivity index (χ3v) is 4.04. The van der Waals surface area contributed by atoms with E-state index in [-0.39, 0.29) is 38.5 Å². The molecule has 4 rings (SSSR count). The number of pyridine rings is 1. The molecule has 0 bridgehead atoms. The number of rotatable bonds is 3. The van der Waals surface area contributed by atoms with Crippen LogP contribution >= 0.6 is 0 Å². The Bertz CT molecular complexity index is 1150. The van der Waals surface area contributed by atoms with Crippen LogP contribution in [0.5, 0.6) is 0 Å².